The zero-order chi connectivity index (χ0) is 14.3. The molecule has 0 bridgehead atoms. The Kier molecular flexibility index (Phi) is 7.73. The fourth-order valence-electron chi connectivity index (χ4n) is 2.46. The van der Waals surface area contributed by atoms with E-state index in [0.29, 0.717) is 25.7 Å². The van der Waals surface area contributed by atoms with E-state index in [-0.39, 0.29) is 0 Å². The minimum atomic E-state index is -3.70. The van der Waals surface area contributed by atoms with Crippen molar-refractivity contribution in [2.24, 2.45) is 5.92 Å². The van der Waals surface area contributed by atoms with Crippen LogP contribution in [0.5, 0.6) is 0 Å². The molecule has 1 rings (SSSR count). The molecule has 0 saturated heterocycles. The molecule has 0 spiro atoms. The van der Waals surface area contributed by atoms with Gasteiger partial charge in [-0.1, -0.05) is 0 Å². The molecule has 0 aromatic rings. The molecular formula is C15H28HfO3. The molecule has 110 valence electrons. The second-order valence-corrected chi connectivity index (χ2v) is 14.0. The second-order valence-electron chi connectivity index (χ2n) is 4.70. The van der Waals surface area contributed by atoms with Crippen LogP contribution in [0, 0.1) is 5.92 Å². The van der Waals surface area contributed by atoms with Crippen molar-refractivity contribution in [2.75, 3.05) is 19.8 Å². The van der Waals surface area contributed by atoms with Crippen LogP contribution in [0.15, 0.2) is 21.1 Å². The minimum absolute atomic E-state index is 0.550. The van der Waals surface area contributed by atoms with Gasteiger partial charge in [-0.15, -0.1) is 0 Å². The van der Waals surface area contributed by atoms with E-state index in [4.69, 9.17) is 8.56 Å². The van der Waals surface area contributed by atoms with Gasteiger partial charge in [-0.05, 0) is 0 Å². The second kappa shape index (κ2) is 8.50. The van der Waals surface area contributed by atoms with E-state index < -0.39 is 21.3 Å². The van der Waals surface area contributed by atoms with Crippen molar-refractivity contribution in [3.63, 3.8) is 0 Å². The predicted octanol–water partition coefficient (Wildman–Crippen LogP) is 4.25. The van der Waals surface area contributed by atoms with Crippen molar-refractivity contribution in [2.45, 2.75) is 47.5 Å². The quantitative estimate of drug-likeness (QED) is 0.508. The summed E-state index contributed by atoms with van der Waals surface area (Å²) in [5.74, 6) is 0.550. The van der Waals surface area contributed by atoms with Crippen LogP contribution in [0.3, 0.4) is 0 Å². The SMILES string of the molecule is CC[O][Hf]([O]CC)([O]CC)[C]1=C(C(C)CC)C=CC1. The first-order chi connectivity index (χ1) is 9.15. The van der Waals surface area contributed by atoms with Crippen molar-refractivity contribution in [3.8, 4) is 0 Å². The Morgan fingerprint density at radius 1 is 1.05 bits per heavy atom. The zero-order valence-corrected chi connectivity index (χ0v) is 16.6. The summed E-state index contributed by atoms with van der Waals surface area (Å²) in [6.45, 7) is 12.6. The van der Waals surface area contributed by atoms with Crippen LogP contribution in [0.4, 0.5) is 0 Å². The van der Waals surface area contributed by atoms with Crippen LogP contribution in [0.1, 0.15) is 47.5 Å². The molecule has 0 aromatic heterocycles. The normalized spacial score (nSPS) is 17.3. The van der Waals surface area contributed by atoms with Gasteiger partial charge in [0.15, 0.2) is 0 Å². The molecule has 0 radical (unpaired) electrons. The van der Waals surface area contributed by atoms with Crippen LogP contribution in [0.25, 0.3) is 0 Å². The summed E-state index contributed by atoms with van der Waals surface area (Å²) in [5, 5.41) is 0. The Balaban J connectivity index is 3.14. The standard InChI is InChI=1S/C9H13.3C2H5O.Hf/c1-3-8(2)9-6-4-5-7-9;3*1-2-3;/h4,6,8H,3,5H2,1-2H3;3*2H2,1H3;/q;3*-1;+3. The van der Waals surface area contributed by atoms with E-state index in [1.807, 2.05) is 20.8 Å². The topological polar surface area (TPSA) is 27.7 Å². The molecule has 19 heavy (non-hydrogen) atoms. The number of hydrogen-bond donors (Lipinski definition) is 0. The number of rotatable bonds is 9. The molecule has 0 fully saturated rings. The first-order valence-electron chi connectivity index (χ1n) is 7.46. The summed E-state index contributed by atoms with van der Waals surface area (Å²) < 4.78 is 19.7. The van der Waals surface area contributed by atoms with E-state index in [1.165, 1.54) is 8.90 Å². The summed E-state index contributed by atoms with van der Waals surface area (Å²) in [6.07, 6.45) is 6.55. The fraction of sp³-hybridized carbons (Fsp3) is 0.733. The van der Waals surface area contributed by atoms with E-state index in [9.17, 15) is 0 Å². The molecule has 0 N–H and O–H groups in total. The Labute approximate surface area is 124 Å². The Bertz CT molecular complexity index is 319. The summed E-state index contributed by atoms with van der Waals surface area (Å²) in [5.41, 5.74) is 1.40. The van der Waals surface area contributed by atoms with Gasteiger partial charge in [0, 0.05) is 0 Å². The molecule has 0 aliphatic heterocycles. The average Bonchev–Trinajstić information content (AvgIpc) is 2.88. The number of allylic oxidation sites excluding steroid dienone is 4. The van der Waals surface area contributed by atoms with Gasteiger partial charge in [-0.25, -0.2) is 0 Å². The van der Waals surface area contributed by atoms with Crippen LogP contribution < -0.4 is 0 Å². The molecular weight excluding hydrogens is 407 g/mol. The van der Waals surface area contributed by atoms with Crippen molar-refractivity contribution < 1.29 is 29.8 Å². The van der Waals surface area contributed by atoms with Crippen LogP contribution >= 0.6 is 0 Å². The molecule has 1 atom stereocenters. The molecule has 0 heterocycles. The van der Waals surface area contributed by atoms with E-state index >= 15 is 0 Å². The molecule has 0 saturated carbocycles. The van der Waals surface area contributed by atoms with E-state index in [2.05, 4.69) is 26.0 Å². The first kappa shape index (κ1) is 17.3. The molecule has 3 nitrogen and oxygen atoms in total. The third-order valence-electron chi connectivity index (χ3n) is 3.48. The fourth-order valence-corrected chi connectivity index (χ4v) is 13.1. The summed E-state index contributed by atoms with van der Waals surface area (Å²) in [6, 6.07) is 0. The molecule has 1 unspecified atom stereocenters. The molecule has 1 aliphatic rings. The summed E-state index contributed by atoms with van der Waals surface area (Å²) >= 11 is -3.70. The van der Waals surface area contributed by atoms with Gasteiger partial charge in [-0.3, -0.25) is 0 Å². The third-order valence-corrected chi connectivity index (χ3v) is 15.1. The van der Waals surface area contributed by atoms with Gasteiger partial charge in [0.2, 0.25) is 0 Å². The van der Waals surface area contributed by atoms with Crippen LogP contribution in [0.2, 0.25) is 0 Å². The van der Waals surface area contributed by atoms with Crippen molar-refractivity contribution >= 4 is 0 Å². The van der Waals surface area contributed by atoms with Gasteiger partial charge in [0.05, 0.1) is 0 Å². The maximum atomic E-state index is 6.10. The molecule has 0 aromatic carbocycles. The third kappa shape index (κ3) is 4.10. The molecule has 1 aliphatic carbocycles. The van der Waals surface area contributed by atoms with Crippen LogP contribution in [-0.2, 0) is 29.8 Å². The number of hydrogen-bond acceptors (Lipinski definition) is 3. The molecule has 0 amide bonds. The Hall–Kier alpha value is 0.230. The van der Waals surface area contributed by atoms with E-state index in [1.54, 1.807) is 0 Å². The zero-order valence-electron chi connectivity index (χ0n) is 13.0. The van der Waals surface area contributed by atoms with Crippen molar-refractivity contribution in [3.05, 3.63) is 21.1 Å². The molecule has 4 heteroatoms. The average molecular weight is 435 g/mol. The maximum absolute atomic E-state index is 6.10. The van der Waals surface area contributed by atoms with Gasteiger partial charge < -0.3 is 0 Å². The summed E-state index contributed by atoms with van der Waals surface area (Å²) in [7, 11) is 0. The van der Waals surface area contributed by atoms with E-state index in [0.717, 1.165) is 12.8 Å². The van der Waals surface area contributed by atoms with Gasteiger partial charge in [0.1, 0.15) is 0 Å². The Morgan fingerprint density at radius 2 is 1.58 bits per heavy atom. The predicted molar refractivity (Wildman–Crippen MR) is 75.1 cm³/mol. The Morgan fingerprint density at radius 3 is 2.00 bits per heavy atom. The monoisotopic (exact) mass is 436 g/mol. The van der Waals surface area contributed by atoms with Crippen molar-refractivity contribution in [1.82, 2.24) is 0 Å². The van der Waals surface area contributed by atoms with Gasteiger partial charge >= 0.3 is 124 Å². The van der Waals surface area contributed by atoms with Crippen molar-refractivity contribution in [1.29, 1.82) is 0 Å². The summed E-state index contributed by atoms with van der Waals surface area (Å²) in [4.78, 5) is 0. The first-order valence-corrected chi connectivity index (χ1v) is 13.7. The van der Waals surface area contributed by atoms with Gasteiger partial charge in [-0.2, -0.15) is 0 Å². The van der Waals surface area contributed by atoms with Gasteiger partial charge in [0.25, 0.3) is 0 Å². The van der Waals surface area contributed by atoms with Crippen LogP contribution in [-0.4, -0.2) is 19.8 Å².